The van der Waals surface area contributed by atoms with E-state index in [0.717, 1.165) is 6.39 Å². The van der Waals surface area contributed by atoms with Crippen LogP contribution in [-0.4, -0.2) is 20.2 Å². The number of rotatable bonds is 5. The van der Waals surface area contributed by atoms with Crippen LogP contribution >= 0.6 is 15.9 Å². The van der Waals surface area contributed by atoms with E-state index in [9.17, 15) is 15.2 Å². The molecule has 1 aromatic carbocycles. The highest BCUT2D eigenvalue weighted by atomic mass is 79.9. The van der Waals surface area contributed by atoms with Crippen molar-refractivity contribution >= 4 is 21.6 Å². The largest absolute Gasteiger partial charge is 0.478 e. The molecule has 0 aliphatic rings. The molecule has 106 valence electrons. The Morgan fingerprint density at radius 1 is 1.60 bits per heavy atom. The monoisotopic (exact) mass is 343 g/mol. The van der Waals surface area contributed by atoms with Crippen molar-refractivity contribution < 1.29 is 19.3 Å². The lowest BCUT2D eigenvalue weighted by Gasteiger charge is -2.13. The van der Waals surface area contributed by atoms with Crippen molar-refractivity contribution in [2.75, 3.05) is 0 Å². The van der Waals surface area contributed by atoms with Crippen LogP contribution in [0.1, 0.15) is 24.4 Å². The molecule has 0 aliphatic carbocycles. The summed E-state index contributed by atoms with van der Waals surface area (Å²) < 4.78 is 10.4. The third kappa shape index (κ3) is 3.11. The lowest BCUT2D eigenvalue weighted by atomic mass is 10.1. The number of hydrogen-bond donors (Lipinski definition) is 1. The number of aliphatic hydroxyl groups excluding tert-OH is 1. The summed E-state index contributed by atoms with van der Waals surface area (Å²) >= 11 is 3.16. The Morgan fingerprint density at radius 2 is 2.35 bits per heavy atom. The van der Waals surface area contributed by atoms with Gasteiger partial charge in [-0.2, -0.15) is 4.98 Å². The number of hydrogen-bond acceptors (Lipinski definition) is 7. The van der Waals surface area contributed by atoms with Gasteiger partial charge in [0.25, 0.3) is 0 Å². The minimum Gasteiger partial charge on any atom is -0.478 e. The Balaban J connectivity index is 2.39. The molecule has 0 unspecified atom stereocenters. The SMILES string of the molecule is C[C@@H](O)c1cc(Br)cc([N+](=O)[O-])c1OCc1ncon1. The molecule has 1 N–H and O–H groups in total. The number of nitrogens with zero attached hydrogens (tertiary/aromatic N) is 3. The van der Waals surface area contributed by atoms with E-state index in [4.69, 9.17) is 4.74 Å². The van der Waals surface area contributed by atoms with Gasteiger partial charge in [0.1, 0.15) is 0 Å². The van der Waals surface area contributed by atoms with Crippen LogP contribution in [0.5, 0.6) is 5.75 Å². The highest BCUT2D eigenvalue weighted by molar-refractivity contribution is 9.10. The first-order valence-electron chi connectivity index (χ1n) is 5.53. The van der Waals surface area contributed by atoms with E-state index in [-0.39, 0.29) is 23.9 Å². The van der Waals surface area contributed by atoms with E-state index < -0.39 is 11.0 Å². The maximum atomic E-state index is 11.1. The lowest BCUT2D eigenvalue weighted by molar-refractivity contribution is -0.386. The topological polar surface area (TPSA) is 112 Å². The summed E-state index contributed by atoms with van der Waals surface area (Å²) in [4.78, 5) is 14.3. The van der Waals surface area contributed by atoms with Crippen molar-refractivity contribution in [2.45, 2.75) is 19.6 Å². The van der Waals surface area contributed by atoms with E-state index in [1.54, 1.807) is 6.07 Å². The van der Waals surface area contributed by atoms with Crippen LogP contribution in [0.25, 0.3) is 0 Å². The zero-order valence-electron chi connectivity index (χ0n) is 10.3. The molecule has 9 heteroatoms. The first-order chi connectivity index (χ1) is 9.49. The van der Waals surface area contributed by atoms with Gasteiger partial charge in [-0.15, -0.1) is 0 Å². The summed E-state index contributed by atoms with van der Waals surface area (Å²) in [7, 11) is 0. The normalized spacial score (nSPS) is 12.2. The fraction of sp³-hybridized carbons (Fsp3) is 0.273. The van der Waals surface area contributed by atoms with Crippen LogP contribution in [0, 0.1) is 10.1 Å². The van der Waals surface area contributed by atoms with E-state index in [0.29, 0.717) is 10.0 Å². The second-order valence-corrected chi connectivity index (χ2v) is 4.83. The van der Waals surface area contributed by atoms with Crippen LogP contribution in [0.15, 0.2) is 27.5 Å². The van der Waals surface area contributed by atoms with Crippen LogP contribution in [0.4, 0.5) is 5.69 Å². The highest BCUT2D eigenvalue weighted by Gasteiger charge is 2.23. The standard InChI is InChI=1S/C11H10BrN3O5/c1-6(16)8-2-7(12)3-9(15(17)18)11(8)19-4-10-13-5-20-14-10/h2-3,5-6,16H,4H2,1H3/t6-/m1/s1. The van der Waals surface area contributed by atoms with Gasteiger partial charge in [0.2, 0.25) is 18.0 Å². The van der Waals surface area contributed by atoms with Gasteiger partial charge in [0.05, 0.1) is 11.0 Å². The average molecular weight is 344 g/mol. The number of nitro groups is 1. The number of halogens is 1. The second kappa shape index (κ2) is 5.97. The molecular weight excluding hydrogens is 334 g/mol. The predicted molar refractivity (Wildman–Crippen MR) is 70.1 cm³/mol. The first kappa shape index (κ1) is 14.4. The first-order valence-corrected chi connectivity index (χ1v) is 6.32. The Kier molecular flexibility index (Phi) is 4.30. The summed E-state index contributed by atoms with van der Waals surface area (Å²) in [6.45, 7) is 1.39. The number of ether oxygens (including phenoxy) is 1. The minimum absolute atomic E-state index is 0.0157. The van der Waals surface area contributed by atoms with Gasteiger partial charge in [-0.1, -0.05) is 21.1 Å². The maximum absolute atomic E-state index is 11.1. The van der Waals surface area contributed by atoms with Crippen LogP contribution in [-0.2, 0) is 6.61 Å². The van der Waals surface area contributed by atoms with Gasteiger partial charge in [-0.25, -0.2) is 0 Å². The van der Waals surface area contributed by atoms with E-state index in [2.05, 4.69) is 30.6 Å². The number of aliphatic hydroxyl groups is 1. The Labute approximate surface area is 121 Å². The number of aromatic nitrogens is 2. The molecule has 0 bridgehead atoms. The molecule has 0 radical (unpaired) electrons. The van der Waals surface area contributed by atoms with E-state index >= 15 is 0 Å². The van der Waals surface area contributed by atoms with Crippen molar-refractivity contribution in [3.05, 3.63) is 44.5 Å². The van der Waals surface area contributed by atoms with E-state index in [1.165, 1.54) is 13.0 Å². The Hall–Kier alpha value is -2.00. The van der Waals surface area contributed by atoms with Gasteiger partial charge in [-0.3, -0.25) is 10.1 Å². The fourth-order valence-corrected chi connectivity index (χ4v) is 2.06. The van der Waals surface area contributed by atoms with Crippen LogP contribution < -0.4 is 4.74 Å². The molecule has 1 atom stereocenters. The van der Waals surface area contributed by atoms with Crippen molar-refractivity contribution in [3.63, 3.8) is 0 Å². The van der Waals surface area contributed by atoms with Crippen molar-refractivity contribution in [2.24, 2.45) is 0 Å². The lowest BCUT2D eigenvalue weighted by Crippen LogP contribution is -2.05. The average Bonchev–Trinajstić information content (AvgIpc) is 2.89. The predicted octanol–water partition coefficient (Wildman–Crippen LogP) is 2.37. The molecule has 20 heavy (non-hydrogen) atoms. The van der Waals surface area contributed by atoms with Crippen LogP contribution in [0.3, 0.4) is 0 Å². The third-order valence-corrected chi connectivity index (χ3v) is 2.92. The summed E-state index contributed by atoms with van der Waals surface area (Å²) in [5, 5.41) is 24.3. The van der Waals surface area contributed by atoms with Gasteiger partial charge < -0.3 is 14.4 Å². The molecule has 8 nitrogen and oxygen atoms in total. The summed E-state index contributed by atoms with van der Waals surface area (Å²) in [6, 6.07) is 2.86. The molecule has 1 heterocycles. The zero-order valence-corrected chi connectivity index (χ0v) is 11.9. The van der Waals surface area contributed by atoms with Crippen LogP contribution in [0.2, 0.25) is 0 Å². The maximum Gasteiger partial charge on any atom is 0.312 e. The fourth-order valence-electron chi connectivity index (χ4n) is 1.60. The van der Waals surface area contributed by atoms with Crippen molar-refractivity contribution in [1.82, 2.24) is 10.1 Å². The summed E-state index contributed by atoms with van der Waals surface area (Å²) in [5.41, 5.74) is 0.0494. The highest BCUT2D eigenvalue weighted by Crippen LogP contribution is 2.38. The van der Waals surface area contributed by atoms with Crippen molar-refractivity contribution in [1.29, 1.82) is 0 Å². The molecule has 2 aromatic rings. The molecule has 0 amide bonds. The molecule has 0 aliphatic heterocycles. The van der Waals surface area contributed by atoms with Gasteiger partial charge >= 0.3 is 5.69 Å². The summed E-state index contributed by atoms with van der Waals surface area (Å²) in [5.74, 6) is 0.233. The van der Waals surface area contributed by atoms with Crippen molar-refractivity contribution in [3.8, 4) is 5.75 Å². The van der Waals surface area contributed by atoms with Gasteiger partial charge in [0, 0.05) is 16.1 Å². The Bertz CT molecular complexity index is 615. The smallest absolute Gasteiger partial charge is 0.312 e. The van der Waals surface area contributed by atoms with E-state index in [1.807, 2.05) is 0 Å². The molecule has 0 fully saturated rings. The zero-order chi connectivity index (χ0) is 14.7. The molecular formula is C11H10BrN3O5. The molecule has 0 saturated heterocycles. The number of benzene rings is 1. The minimum atomic E-state index is -0.925. The van der Waals surface area contributed by atoms with Gasteiger partial charge in [0.15, 0.2) is 6.61 Å². The Morgan fingerprint density at radius 3 is 2.90 bits per heavy atom. The molecule has 2 rings (SSSR count). The number of nitro benzene ring substituents is 1. The summed E-state index contributed by atoms with van der Waals surface area (Å²) in [6.07, 6.45) is 0.205. The third-order valence-electron chi connectivity index (χ3n) is 2.46. The molecule has 0 saturated carbocycles. The second-order valence-electron chi connectivity index (χ2n) is 3.91. The molecule has 0 spiro atoms. The van der Waals surface area contributed by atoms with Gasteiger partial charge in [-0.05, 0) is 13.0 Å². The quantitative estimate of drug-likeness (QED) is 0.654. The molecule has 1 aromatic heterocycles.